The van der Waals surface area contributed by atoms with Crippen molar-refractivity contribution in [1.29, 1.82) is 0 Å². The summed E-state index contributed by atoms with van der Waals surface area (Å²) >= 11 is 0. The molecule has 2 aromatic heterocycles. The largest absolute Gasteiger partial charge is 0.310 e. The van der Waals surface area contributed by atoms with Gasteiger partial charge in [0.25, 0.3) is 6.71 Å². The van der Waals surface area contributed by atoms with Crippen LogP contribution in [0.15, 0.2) is 394 Å². The molecule has 0 spiro atoms. The van der Waals surface area contributed by atoms with Gasteiger partial charge in [-0.15, -0.1) is 0 Å². The standard InChI is InChI=1S/C114H83BN4/c1-113(2,3)84-59-79-53-54-80-60-85(114(4,5)6)68-97-92(66-83(61-84)108(79)109(80)97)78-55-57-98-104(67-78)118(111-93(74-37-17-9-18-38-74)62-81(72-33-13-7-14-34-72)63-94(111)75-39-19-10-20-40-75)106-70-87(117-102-51-31-27-47-90(102)91-48-28-32-52-103(91)117)71-107-110(106)115(98)99-58-56-86(116-100-49-29-25-45-88(100)89-46-26-30-50-101(89)116)69-105(99)119(107)112-95(76-41-21-11-22-42-76)64-82(73-35-15-8-16-36-73)65-96(112)77-43-23-12-24-44-77/h7-71H,1-6H3. The molecule has 19 aromatic carbocycles. The van der Waals surface area contributed by atoms with Crippen molar-refractivity contribution in [3.63, 3.8) is 0 Å². The summed E-state index contributed by atoms with van der Waals surface area (Å²) in [4.78, 5) is 5.49. The zero-order valence-electron chi connectivity index (χ0n) is 67.4. The maximum absolute atomic E-state index is 2.76. The van der Waals surface area contributed by atoms with Gasteiger partial charge in [-0.2, -0.15) is 0 Å². The van der Waals surface area contributed by atoms with Crippen molar-refractivity contribution in [2.45, 2.75) is 52.4 Å². The van der Waals surface area contributed by atoms with E-state index in [9.17, 15) is 0 Å². The molecule has 562 valence electrons. The molecule has 0 atom stereocenters. The summed E-state index contributed by atoms with van der Waals surface area (Å²) in [6, 6.07) is 150. The van der Waals surface area contributed by atoms with Gasteiger partial charge in [0, 0.05) is 72.2 Å². The van der Waals surface area contributed by atoms with Crippen LogP contribution < -0.4 is 26.2 Å². The summed E-state index contributed by atoms with van der Waals surface area (Å²) in [6.07, 6.45) is 0. The van der Waals surface area contributed by atoms with Gasteiger partial charge in [0.2, 0.25) is 0 Å². The SMILES string of the molecule is CC(C)(C)c1cc2ccc3cc(C(C)(C)C)cc4c(-c5ccc6c(c5)N(c5c(-c7ccccc7)cc(-c7ccccc7)cc5-c5ccccc5)c5cc(-n7c8ccccc8c8ccccc87)cc7c5B6c5ccc(-n6c8ccccc8c8ccccc86)cc5N7c5c(-c6ccccc6)cc(-c6ccccc6)cc5-c5ccccc5)cc(c1)c2c34. The van der Waals surface area contributed by atoms with Gasteiger partial charge in [-0.3, -0.25) is 0 Å². The molecule has 5 heteroatoms. The van der Waals surface area contributed by atoms with Gasteiger partial charge in [0.1, 0.15) is 0 Å². The van der Waals surface area contributed by atoms with Crippen LogP contribution in [0.4, 0.5) is 34.1 Å². The minimum Gasteiger partial charge on any atom is -0.310 e. The molecule has 0 unspecified atom stereocenters. The second kappa shape index (κ2) is 27.0. The number of fused-ring (bicyclic) bond motifs is 10. The molecule has 0 radical (unpaired) electrons. The quantitative estimate of drug-likeness (QED) is 0.0948. The van der Waals surface area contributed by atoms with Crippen LogP contribution in [-0.4, -0.2) is 15.8 Å². The predicted molar refractivity (Wildman–Crippen MR) is 508 cm³/mol. The number of aromatic nitrogens is 2. The molecule has 0 saturated heterocycles. The Morgan fingerprint density at radius 1 is 0.218 bits per heavy atom. The summed E-state index contributed by atoms with van der Waals surface area (Å²) in [7, 11) is 0. The van der Waals surface area contributed by atoms with Gasteiger partial charge in [-0.25, -0.2) is 0 Å². The molecule has 2 aliphatic rings. The third kappa shape index (κ3) is 11.2. The first-order chi connectivity index (χ1) is 58.3. The van der Waals surface area contributed by atoms with E-state index in [0.29, 0.717) is 0 Å². The first-order valence-electron chi connectivity index (χ1n) is 41.8. The minimum atomic E-state index is -0.334. The third-order valence-corrected chi connectivity index (χ3v) is 25.6. The molecule has 23 rings (SSSR count). The van der Waals surface area contributed by atoms with Gasteiger partial charge in [0.15, 0.2) is 0 Å². The molecule has 0 fully saturated rings. The van der Waals surface area contributed by atoms with Gasteiger partial charge in [-0.05, 0) is 217 Å². The predicted octanol–water partition coefficient (Wildman–Crippen LogP) is 29.1. The Hall–Kier alpha value is -14.5. The summed E-state index contributed by atoms with van der Waals surface area (Å²) in [6.45, 7) is 13.8. The number of nitrogens with zero attached hydrogens (tertiary/aromatic N) is 4. The molecule has 21 aromatic rings. The zero-order chi connectivity index (χ0) is 79.5. The Kier molecular flexibility index (Phi) is 15.9. The van der Waals surface area contributed by atoms with Crippen molar-refractivity contribution in [3.8, 4) is 89.3 Å². The van der Waals surface area contributed by atoms with Crippen molar-refractivity contribution < 1.29 is 0 Å². The van der Waals surface area contributed by atoms with Crippen molar-refractivity contribution in [3.05, 3.63) is 405 Å². The van der Waals surface area contributed by atoms with Crippen LogP contribution in [0.5, 0.6) is 0 Å². The van der Waals surface area contributed by atoms with E-state index in [2.05, 4.69) is 455 Å². The first-order valence-corrected chi connectivity index (χ1v) is 41.8. The summed E-state index contributed by atoms with van der Waals surface area (Å²) in [5.74, 6) is 0. The lowest BCUT2D eigenvalue weighted by Crippen LogP contribution is -2.61. The highest BCUT2D eigenvalue weighted by atomic mass is 15.2. The Bertz CT molecular complexity index is 7430. The van der Waals surface area contributed by atoms with Crippen LogP contribution in [0.25, 0.3) is 165 Å². The van der Waals surface area contributed by atoms with Crippen LogP contribution in [0, 0.1) is 0 Å². The van der Waals surface area contributed by atoms with Crippen molar-refractivity contribution in [2.24, 2.45) is 0 Å². The molecular weight excluding hydrogens is 1440 g/mol. The Morgan fingerprint density at radius 2 is 0.555 bits per heavy atom. The molecule has 119 heavy (non-hydrogen) atoms. The number of benzene rings is 19. The van der Waals surface area contributed by atoms with E-state index >= 15 is 0 Å². The number of hydrogen-bond acceptors (Lipinski definition) is 2. The molecule has 0 aliphatic carbocycles. The average molecular weight is 1520 g/mol. The lowest BCUT2D eigenvalue weighted by Gasteiger charge is -2.46. The van der Waals surface area contributed by atoms with Crippen LogP contribution >= 0.6 is 0 Å². The van der Waals surface area contributed by atoms with Gasteiger partial charge in [-0.1, -0.05) is 345 Å². The monoisotopic (exact) mass is 1520 g/mol. The second-order valence-corrected chi connectivity index (χ2v) is 34.7. The highest BCUT2D eigenvalue weighted by molar-refractivity contribution is 7.00. The molecule has 4 heterocycles. The lowest BCUT2D eigenvalue weighted by molar-refractivity contribution is 0.591. The molecule has 0 N–H and O–H groups in total. The molecule has 4 nitrogen and oxygen atoms in total. The molecule has 0 saturated carbocycles. The Labute approximate surface area is 694 Å². The van der Waals surface area contributed by atoms with Gasteiger partial charge in [0.05, 0.1) is 39.1 Å². The van der Waals surface area contributed by atoms with E-state index in [0.717, 1.165) is 140 Å². The Morgan fingerprint density at radius 3 is 0.966 bits per heavy atom. The second-order valence-electron chi connectivity index (χ2n) is 34.7. The number of rotatable bonds is 11. The van der Waals surface area contributed by atoms with E-state index in [-0.39, 0.29) is 17.5 Å². The van der Waals surface area contributed by atoms with Crippen LogP contribution in [0.2, 0.25) is 0 Å². The van der Waals surface area contributed by atoms with E-state index < -0.39 is 0 Å². The minimum absolute atomic E-state index is 0.0996. The lowest BCUT2D eigenvalue weighted by atomic mass is 9.33. The summed E-state index contributed by atoms with van der Waals surface area (Å²) in [5, 5.41) is 12.5. The fourth-order valence-electron chi connectivity index (χ4n) is 20.0. The van der Waals surface area contributed by atoms with E-state index in [1.165, 1.54) is 86.9 Å². The van der Waals surface area contributed by atoms with Crippen molar-refractivity contribution in [2.75, 3.05) is 9.80 Å². The number of anilines is 6. The average Bonchev–Trinajstić information content (AvgIpc) is 1.10. The van der Waals surface area contributed by atoms with E-state index in [1.807, 2.05) is 0 Å². The molecule has 0 bridgehead atoms. The van der Waals surface area contributed by atoms with Crippen molar-refractivity contribution in [1.82, 2.24) is 9.13 Å². The normalized spacial score (nSPS) is 12.7. The Balaban J connectivity index is 0.929. The third-order valence-electron chi connectivity index (χ3n) is 25.6. The fourth-order valence-corrected chi connectivity index (χ4v) is 20.0. The topological polar surface area (TPSA) is 16.3 Å². The van der Waals surface area contributed by atoms with Gasteiger partial charge < -0.3 is 18.9 Å². The number of para-hydroxylation sites is 4. The smallest absolute Gasteiger partial charge is 0.252 e. The molecule has 2 aliphatic heterocycles. The van der Waals surface area contributed by atoms with E-state index in [4.69, 9.17) is 0 Å². The highest BCUT2D eigenvalue weighted by Crippen LogP contribution is 2.57. The van der Waals surface area contributed by atoms with E-state index in [1.54, 1.807) is 0 Å². The van der Waals surface area contributed by atoms with Crippen LogP contribution in [-0.2, 0) is 10.8 Å². The highest BCUT2D eigenvalue weighted by Gasteiger charge is 2.46. The van der Waals surface area contributed by atoms with Crippen molar-refractivity contribution >= 4 is 133 Å². The number of hydrogen-bond donors (Lipinski definition) is 0. The molecular formula is C114H83BN4. The van der Waals surface area contributed by atoms with Gasteiger partial charge >= 0.3 is 0 Å². The maximum atomic E-state index is 2.76. The first kappa shape index (κ1) is 69.9. The van der Waals surface area contributed by atoms with Crippen LogP contribution in [0.3, 0.4) is 0 Å². The van der Waals surface area contributed by atoms with Crippen LogP contribution in [0.1, 0.15) is 52.7 Å². The molecule has 0 amide bonds. The maximum Gasteiger partial charge on any atom is 0.252 e. The fraction of sp³-hybridized carbons (Fsp3) is 0.0702. The zero-order valence-corrected chi connectivity index (χ0v) is 67.4. The summed E-state index contributed by atoms with van der Waals surface area (Å²) in [5.41, 5.74) is 35.0. The summed E-state index contributed by atoms with van der Waals surface area (Å²) < 4.78 is 5.08.